The van der Waals surface area contributed by atoms with E-state index in [0.717, 1.165) is 5.56 Å². The minimum Gasteiger partial charge on any atom is -0.444 e. The van der Waals surface area contributed by atoms with Gasteiger partial charge in [0.25, 0.3) is 0 Å². The van der Waals surface area contributed by atoms with Crippen LogP contribution in [0.25, 0.3) is 0 Å². The Labute approximate surface area is 168 Å². The van der Waals surface area contributed by atoms with Crippen molar-refractivity contribution in [1.82, 2.24) is 15.3 Å². The van der Waals surface area contributed by atoms with Crippen molar-refractivity contribution in [3.63, 3.8) is 0 Å². The summed E-state index contributed by atoms with van der Waals surface area (Å²) < 4.78 is 33.6. The highest BCUT2D eigenvalue weighted by molar-refractivity contribution is 7.89. The Balaban J connectivity index is 1.56. The summed E-state index contributed by atoms with van der Waals surface area (Å²) in [5, 5.41) is 10.7. The van der Waals surface area contributed by atoms with Crippen LogP contribution in [0, 0.1) is 0 Å². The van der Waals surface area contributed by atoms with Crippen LogP contribution in [0.15, 0.2) is 41.6 Å². The first kappa shape index (κ1) is 21.0. The first-order valence-electron chi connectivity index (χ1n) is 9.01. The lowest BCUT2D eigenvalue weighted by Gasteiger charge is -2.13. The van der Waals surface area contributed by atoms with Gasteiger partial charge in [0.15, 0.2) is 0 Å². The van der Waals surface area contributed by atoms with Crippen LogP contribution in [0.3, 0.4) is 0 Å². The fourth-order valence-corrected chi connectivity index (χ4v) is 3.28. The molecule has 1 amide bonds. The molecule has 2 atom stereocenters. The van der Waals surface area contributed by atoms with Crippen molar-refractivity contribution in [1.29, 1.82) is 0 Å². The van der Waals surface area contributed by atoms with E-state index in [1.807, 2.05) is 13.8 Å². The lowest BCUT2D eigenvalue weighted by atomic mass is 10.1. The summed E-state index contributed by atoms with van der Waals surface area (Å²) in [6, 6.07) is 5.94. The van der Waals surface area contributed by atoms with Gasteiger partial charge in [-0.25, -0.2) is 28.3 Å². The van der Waals surface area contributed by atoms with Crippen LogP contribution in [0.4, 0.5) is 16.4 Å². The van der Waals surface area contributed by atoms with E-state index in [0.29, 0.717) is 24.7 Å². The van der Waals surface area contributed by atoms with Crippen LogP contribution in [0.5, 0.6) is 0 Å². The van der Waals surface area contributed by atoms with Gasteiger partial charge in [-0.1, -0.05) is 0 Å². The zero-order valence-corrected chi connectivity index (χ0v) is 16.8. The van der Waals surface area contributed by atoms with Crippen molar-refractivity contribution in [3.05, 3.63) is 42.2 Å². The quantitative estimate of drug-likeness (QED) is 0.640. The highest BCUT2D eigenvalue weighted by atomic mass is 32.2. The third-order valence-corrected chi connectivity index (χ3v) is 5.05. The largest absolute Gasteiger partial charge is 0.444 e. The SMILES string of the molecule is CC(C)NC(=O)O[C@H]1CO[C@H](c2cnc(Nc3ccc(S(N)(=O)=O)cc3)nc2)C1. The molecule has 0 unspecified atom stereocenters. The standard InChI is InChI=1S/C18H23N5O5S/c1-11(2)22-18(24)28-14-7-16(27-10-14)12-8-20-17(21-9-12)23-13-3-5-15(6-4-13)29(19,25)26/h3-6,8-9,11,14,16H,7,10H2,1-2H3,(H,22,24)(H2,19,25,26)(H,20,21,23)/t14-,16+/m1/s1. The summed E-state index contributed by atoms with van der Waals surface area (Å²) in [4.78, 5) is 20.2. The van der Waals surface area contributed by atoms with Gasteiger partial charge >= 0.3 is 6.09 Å². The first-order valence-corrected chi connectivity index (χ1v) is 10.6. The van der Waals surface area contributed by atoms with Gasteiger partial charge in [-0.15, -0.1) is 0 Å². The van der Waals surface area contributed by atoms with Crippen molar-refractivity contribution >= 4 is 27.8 Å². The number of hydrogen-bond donors (Lipinski definition) is 3. The number of nitrogens with zero attached hydrogens (tertiary/aromatic N) is 2. The molecule has 3 rings (SSSR count). The van der Waals surface area contributed by atoms with Crippen molar-refractivity contribution < 1.29 is 22.7 Å². The van der Waals surface area contributed by atoms with E-state index >= 15 is 0 Å². The fourth-order valence-electron chi connectivity index (χ4n) is 2.76. The molecular formula is C18H23N5O5S. The molecule has 0 radical (unpaired) electrons. The van der Waals surface area contributed by atoms with Crippen LogP contribution in [0.1, 0.15) is 31.9 Å². The summed E-state index contributed by atoms with van der Waals surface area (Å²) >= 11 is 0. The molecule has 1 aromatic carbocycles. The maximum Gasteiger partial charge on any atom is 0.407 e. The molecule has 29 heavy (non-hydrogen) atoms. The summed E-state index contributed by atoms with van der Waals surface area (Å²) in [6.45, 7) is 4.03. The van der Waals surface area contributed by atoms with Gasteiger partial charge in [0.2, 0.25) is 16.0 Å². The maximum atomic E-state index is 11.7. The average Bonchev–Trinajstić information content (AvgIpc) is 3.09. The number of aromatic nitrogens is 2. The van der Waals surface area contributed by atoms with Gasteiger partial charge in [0.1, 0.15) is 6.10 Å². The predicted molar refractivity (Wildman–Crippen MR) is 105 cm³/mol. The number of sulfonamides is 1. The lowest BCUT2D eigenvalue weighted by Crippen LogP contribution is -2.33. The summed E-state index contributed by atoms with van der Waals surface area (Å²) in [5.41, 5.74) is 1.39. The number of nitrogens with one attached hydrogen (secondary N) is 2. The Morgan fingerprint density at radius 1 is 1.24 bits per heavy atom. The zero-order valence-electron chi connectivity index (χ0n) is 16.0. The van der Waals surface area contributed by atoms with E-state index in [9.17, 15) is 13.2 Å². The number of anilines is 2. The number of alkyl carbamates (subject to hydrolysis) is 1. The Morgan fingerprint density at radius 3 is 2.48 bits per heavy atom. The minimum absolute atomic E-state index is 0.00461. The molecule has 0 aliphatic carbocycles. The van der Waals surface area contributed by atoms with E-state index < -0.39 is 16.1 Å². The monoisotopic (exact) mass is 421 g/mol. The molecule has 1 aliphatic rings. The predicted octanol–water partition coefficient (Wildman–Crippen LogP) is 1.83. The molecule has 0 bridgehead atoms. The van der Waals surface area contributed by atoms with Crippen LogP contribution in [0.2, 0.25) is 0 Å². The third kappa shape index (κ3) is 5.86. The van der Waals surface area contributed by atoms with Crippen molar-refractivity contribution in [3.8, 4) is 0 Å². The summed E-state index contributed by atoms with van der Waals surface area (Å²) in [5.74, 6) is 0.346. The molecule has 11 heteroatoms. The zero-order chi connectivity index (χ0) is 21.0. The first-order chi connectivity index (χ1) is 13.7. The molecule has 1 aliphatic heterocycles. The molecule has 2 aromatic rings. The van der Waals surface area contributed by atoms with Gasteiger partial charge in [0.05, 0.1) is 17.6 Å². The molecule has 1 saturated heterocycles. The Bertz CT molecular complexity index is 948. The number of carbonyl (C=O) groups excluding carboxylic acids is 1. The van der Waals surface area contributed by atoms with Gasteiger partial charge in [-0.3, -0.25) is 0 Å². The minimum atomic E-state index is -3.73. The Hall–Kier alpha value is -2.76. The number of ether oxygens (including phenoxy) is 2. The van der Waals surface area contributed by atoms with Crippen molar-refractivity contribution in [2.75, 3.05) is 11.9 Å². The number of rotatable bonds is 6. The van der Waals surface area contributed by atoms with Crippen LogP contribution in [-0.4, -0.2) is 43.2 Å². The smallest absolute Gasteiger partial charge is 0.407 e. The average molecular weight is 421 g/mol. The van der Waals surface area contributed by atoms with Gasteiger partial charge < -0.3 is 20.1 Å². The fraction of sp³-hybridized carbons (Fsp3) is 0.389. The van der Waals surface area contributed by atoms with Gasteiger partial charge in [-0.05, 0) is 38.1 Å². The molecule has 0 spiro atoms. The van der Waals surface area contributed by atoms with E-state index in [1.54, 1.807) is 24.5 Å². The topological polar surface area (TPSA) is 146 Å². The molecule has 1 fully saturated rings. The molecular weight excluding hydrogens is 398 g/mol. The number of amides is 1. The second-order valence-electron chi connectivity index (χ2n) is 6.92. The summed E-state index contributed by atoms with van der Waals surface area (Å²) in [6.07, 6.45) is 2.75. The number of nitrogens with two attached hydrogens (primary N) is 1. The molecule has 4 N–H and O–H groups in total. The lowest BCUT2D eigenvalue weighted by molar-refractivity contribution is 0.0690. The second-order valence-corrected chi connectivity index (χ2v) is 8.48. The van der Waals surface area contributed by atoms with Crippen LogP contribution < -0.4 is 15.8 Å². The highest BCUT2D eigenvalue weighted by Gasteiger charge is 2.30. The number of primary sulfonamides is 1. The van der Waals surface area contributed by atoms with E-state index in [2.05, 4.69) is 20.6 Å². The van der Waals surface area contributed by atoms with Gasteiger partial charge in [0, 0.05) is 36.1 Å². The third-order valence-electron chi connectivity index (χ3n) is 4.12. The number of hydrogen-bond acceptors (Lipinski definition) is 8. The normalized spacial score (nSPS) is 19.2. The molecule has 10 nitrogen and oxygen atoms in total. The molecule has 0 saturated carbocycles. The molecule has 1 aromatic heterocycles. The van der Waals surface area contributed by atoms with E-state index in [-0.39, 0.29) is 23.1 Å². The molecule has 156 valence electrons. The maximum absolute atomic E-state index is 11.7. The second kappa shape index (κ2) is 8.72. The van der Waals surface area contributed by atoms with E-state index in [1.165, 1.54) is 12.1 Å². The highest BCUT2D eigenvalue weighted by Crippen LogP contribution is 2.30. The van der Waals surface area contributed by atoms with Crippen LogP contribution >= 0.6 is 0 Å². The van der Waals surface area contributed by atoms with E-state index in [4.69, 9.17) is 14.6 Å². The summed E-state index contributed by atoms with van der Waals surface area (Å²) in [7, 11) is -3.73. The van der Waals surface area contributed by atoms with Gasteiger partial charge in [-0.2, -0.15) is 0 Å². The van der Waals surface area contributed by atoms with Crippen LogP contribution in [-0.2, 0) is 19.5 Å². The van der Waals surface area contributed by atoms with Crippen molar-refractivity contribution in [2.45, 2.75) is 43.4 Å². The number of benzene rings is 1. The Kier molecular flexibility index (Phi) is 6.30. The van der Waals surface area contributed by atoms with Crippen molar-refractivity contribution in [2.24, 2.45) is 5.14 Å². The number of carbonyl (C=O) groups is 1. The molecule has 2 heterocycles. The Morgan fingerprint density at radius 2 is 1.90 bits per heavy atom.